The second-order valence-corrected chi connectivity index (χ2v) is 5.02. The molecule has 2 N–H and O–H groups in total. The molecule has 1 saturated heterocycles. The minimum atomic E-state index is -4.80. The first-order valence-electron chi connectivity index (χ1n) is 6.40. The van der Waals surface area contributed by atoms with Crippen LogP contribution in [0.5, 0.6) is 0 Å². The van der Waals surface area contributed by atoms with Gasteiger partial charge in [-0.2, -0.15) is 13.2 Å². The molecule has 0 aromatic heterocycles. The van der Waals surface area contributed by atoms with E-state index in [1.54, 1.807) is 0 Å². The zero-order chi connectivity index (χ0) is 17.4. The predicted molar refractivity (Wildman–Crippen MR) is 67.6 cm³/mol. The molecular weight excluding hydrogens is 327 g/mol. The van der Waals surface area contributed by atoms with Crippen molar-refractivity contribution in [3.05, 3.63) is 29.8 Å². The molecule has 2 amide bonds. The first-order chi connectivity index (χ1) is 10.6. The summed E-state index contributed by atoms with van der Waals surface area (Å²) in [6, 6.07) is 1.57. The number of benzene rings is 1. The van der Waals surface area contributed by atoms with Crippen LogP contribution in [0.3, 0.4) is 0 Å². The first kappa shape index (κ1) is 17.0. The Morgan fingerprint density at radius 1 is 1.17 bits per heavy atom. The van der Waals surface area contributed by atoms with Crippen molar-refractivity contribution in [3.8, 4) is 0 Å². The second kappa shape index (κ2) is 6.01. The number of hydrogen-bond acceptors (Lipinski definition) is 2. The number of nitrogens with zero attached hydrogens (tertiary/aromatic N) is 1. The number of hydrogen-bond donors (Lipinski definition) is 2. The number of aliphatic carboxylic acids is 1. The summed E-state index contributed by atoms with van der Waals surface area (Å²) < 4.78 is 65.3. The van der Waals surface area contributed by atoms with Gasteiger partial charge in [-0.05, 0) is 12.1 Å². The zero-order valence-corrected chi connectivity index (χ0v) is 11.4. The molecule has 126 valence electrons. The van der Waals surface area contributed by atoms with Gasteiger partial charge in [0.25, 0.3) is 0 Å². The molecular formula is C13H11F5N2O3. The molecule has 2 atom stereocenters. The lowest BCUT2D eigenvalue weighted by atomic mass is 9.96. The number of para-hydroxylation sites is 1. The van der Waals surface area contributed by atoms with E-state index in [1.807, 2.05) is 5.32 Å². The highest BCUT2D eigenvalue weighted by Crippen LogP contribution is 2.38. The summed E-state index contributed by atoms with van der Waals surface area (Å²) in [5, 5.41) is 10.7. The van der Waals surface area contributed by atoms with Crippen LogP contribution in [-0.4, -0.2) is 41.3 Å². The molecule has 1 aromatic rings. The number of rotatable bonds is 2. The Kier molecular flexibility index (Phi) is 4.44. The van der Waals surface area contributed by atoms with Crippen molar-refractivity contribution in [1.82, 2.24) is 4.90 Å². The van der Waals surface area contributed by atoms with Gasteiger partial charge in [-0.25, -0.2) is 13.6 Å². The maximum atomic E-state index is 13.4. The van der Waals surface area contributed by atoms with E-state index in [2.05, 4.69) is 0 Å². The van der Waals surface area contributed by atoms with Crippen LogP contribution >= 0.6 is 0 Å². The summed E-state index contributed by atoms with van der Waals surface area (Å²) in [6.45, 7) is -1.61. The maximum Gasteiger partial charge on any atom is 0.394 e. The summed E-state index contributed by atoms with van der Waals surface area (Å²) in [4.78, 5) is 23.4. The highest BCUT2D eigenvalue weighted by Gasteiger charge is 2.53. The van der Waals surface area contributed by atoms with E-state index >= 15 is 0 Å². The molecule has 0 aliphatic carbocycles. The Labute approximate surface area is 126 Å². The number of urea groups is 1. The fourth-order valence-corrected chi connectivity index (χ4v) is 2.35. The number of carboxylic acid groups (broad SMARTS) is 1. The minimum absolute atomic E-state index is 0.572. The normalized spacial score (nSPS) is 21.3. The van der Waals surface area contributed by atoms with Crippen LogP contribution in [0.15, 0.2) is 18.2 Å². The fourth-order valence-electron chi connectivity index (χ4n) is 2.35. The van der Waals surface area contributed by atoms with Gasteiger partial charge in [0.2, 0.25) is 0 Å². The Morgan fingerprint density at radius 2 is 1.74 bits per heavy atom. The Bertz CT molecular complexity index is 614. The zero-order valence-electron chi connectivity index (χ0n) is 11.4. The van der Waals surface area contributed by atoms with E-state index in [9.17, 15) is 31.5 Å². The summed E-state index contributed by atoms with van der Waals surface area (Å²) >= 11 is 0. The van der Waals surface area contributed by atoms with Crippen molar-refractivity contribution in [2.24, 2.45) is 11.8 Å². The average Bonchev–Trinajstić information content (AvgIpc) is 2.88. The van der Waals surface area contributed by atoms with Gasteiger partial charge in [0, 0.05) is 13.1 Å². The molecule has 0 unspecified atom stereocenters. The summed E-state index contributed by atoms with van der Waals surface area (Å²) in [7, 11) is 0. The third kappa shape index (κ3) is 3.51. The first-order valence-corrected chi connectivity index (χ1v) is 6.40. The van der Waals surface area contributed by atoms with Crippen LogP contribution in [0.2, 0.25) is 0 Å². The van der Waals surface area contributed by atoms with Crippen molar-refractivity contribution in [2.45, 2.75) is 6.18 Å². The second-order valence-electron chi connectivity index (χ2n) is 5.02. The van der Waals surface area contributed by atoms with Crippen molar-refractivity contribution < 1.29 is 36.6 Å². The van der Waals surface area contributed by atoms with Gasteiger partial charge in [0.15, 0.2) is 0 Å². The van der Waals surface area contributed by atoms with E-state index in [1.165, 1.54) is 0 Å². The predicted octanol–water partition coefficient (Wildman–Crippen LogP) is 2.69. The van der Waals surface area contributed by atoms with Crippen LogP contribution in [0, 0.1) is 23.5 Å². The van der Waals surface area contributed by atoms with Crippen molar-refractivity contribution in [3.63, 3.8) is 0 Å². The molecule has 1 aromatic carbocycles. The Balaban J connectivity index is 2.16. The summed E-state index contributed by atoms with van der Waals surface area (Å²) in [5.74, 6) is -7.96. The lowest BCUT2D eigenvalue weighted by Gasteiger charge is -2.19. The van der Waals surface area contributed by atoms with Gasteiger partial charge < -0.3 is 15.3 Å². The van der Waals surface area contributed by atoms with Crippen LogP contribution in [-0.2, 0) is 4.79 Å². The van der Waals surface area contributed by atoms with Crippen molar-refractivity contribution in [2.75, 3.05) is 18.4 Å². The van der Waals surface area contributed by atoms with Gasteiger partial charge in [-0.15, -0.1) is 0 Å². The summed E-state index contributed by atoms with van der Waals surface area (Å²) in [6.07, 6.45) is -4.80. The third-order valence-corrected chi connectivity index (χ3v) is 3.54. The van der Waals surface area contributed by atoms with Gasteiger partial charge in [-0.3, -0.25) is 4.79 Å². The number of alkyl halides is 3. The highest BCUT2D eigenvalue weighted by molar-refractivity contribution is 5.90. The largest absolute Gasteiger partial charge is 0.481 e. The lowest BCUT2D eigenvalue weighted by molar-refractivity contribution is -0.187. The maximum absolute atomic E-state index is 13.4. The molecule has 5 nitrogen and oxygen atoms in total. The van der Waals surface area contributed by atoms with Crippen LogP contribution in [0.25, 0.3) is 0 Å². The van der Waals surface area contributed by atoms with E-state index < -0.39 is 60.4 Å². The standard InChI is InChI=1S/C13H11F5N2O3/c14-8-2-1-3-9(15)10(8)19-12(23)20-4-6(11(21)22)7(5-20)13(16,17)18/h1-3,6-7H,4-5H2,(H,19,23)(H,21,22)/t6-,7-/m1/s1. The molecule has 2 rings (SSSR count). The quantitative estimate of drug-likeness (QED) is 0.815. The van der Waals surface area contributed by atoms with E-state index in [-0.39, 0.29) is 0 Å². The fraction of sp³-hybridized carbons (Fsp3) is 0.385. The lowest BCUT2D eigenvalue weighted by Crippen LogP contribution is -2.35. The van der Waals surface area contributed by atoms with Crippen molar-refractivity contribution in [1.29, 1.82) is 0 Å². The molecule has 0 radical (unpaired) electrons. The molecule has 10 heteroatoms. The number of anilines is 1. The van der Waals surface area contributed by atoms with Gasteiger partial charge in [0.1, 0.15) is 17.3 Å². The molecule has 0 saturated carbocycles. The Morgan fingerprint density at radius 3 is 2.17 bits per heavy atom. The van der Waals surface area contributed by atoms with Crippen LogP contribution in [0.4, 0.5) is 32.4 Å². The number of carbonyl (C=O) groups is 2. The molecule has 1 heterocycles. The van der Waals surface area contributed by atoms with Gasteiger partial charge in [0.05, 0.1) is 11.8 Å². The number of amides is 2. The van der Waals surface area contributed by atoms with Crippen LogP contribution in [0.1, 0.15) is 0 Å². The van der Waals surface area contributed by atoms with E-state index in [4.69, 9.17) is 5.11 Å². The number of carbonyl (C=O) groups excluding carboxylic acids is 1. The topological polar surface area (TPSA) is 69.6 Å². The SMILES string of the molecule is O=C(O)[C@@H]1CN(C(=O)Nc2c(F)cccc2F)C[C@H]1C(F)(F)F. The highest BCUT2D eigenvalue weighted by atomic mass is 19.4. The number of halogens is 5. The minimum Gasteiger partial charge on any atom is -0.481 e. The summed E-state index contributed by atoms with van der Waals surface area (Å²) in [5.41, 5.74) is -0.806. The number of nitrogens with one attached hydrogen (secondary N) is 1. The molecule has 1 fully saturated rings. The molecule has 1 aliphatic rings. The third-order valence-electron chi connectivity index (χ3n) is 3.54. The van der Waals surface area contributed by atoms with Crippen molar-refractivity contribution >= 4 is 17.7 Å². The number of carboxylic acids is 1. The van der Waals surface area contributed by atoms with E-state index in [0.29, 0.717) is 4.90 Å². The van der Waals surface area contributed by atoms with Gasteiger partial charge in [-0.1, -0.05) is 6.07 Å². The molecule has 0 bridgehead atoms. The monoisotopic (exact) mass is 338 g/mol. The molecule has 1 aliphatic heterocycles. The molecule has 23 heavy (non-hydrogen) atoms. The molecule has 0 spiro atoms. The average molecular weight is 338 g/mol. The smallest absolute Gasteiger partial charge is 0.394 e. The van der Waals surface area contributed by atoms with Gasteiger partial charge >= 0.3 is 18.2 Å². The van der Waals surface area contributed by atoms with Crippen LogP contribution < -0.4 is 5.32 Å². The van der Waals surface area contributed by atoms with E-state index in [0.717, 1.165) is 18.2 Å². The number of likely N-dealkylation sites (tertiary alicyclic amines) is 1. The Hall–Kier alpha value is -2.39.